The van der Waals surface area contributed by atoms with Gasteiger partial charge in [-0.25, -0.2) is 22.0 Å². The van der Waals surface area contributed by atoms with Crippen molar-refractivity contribution in [2.24, 2.45) is 0 Å². The molecule has 1 saturated heterocycles. The molecular weight excluding hydrogens is 629 g/mol. The van der Waals surface area contributed by atoms with E-state index in [2.05, 4.69) is 5.32 Å². The van der Waals surface area contributed by atoms with E-state index in [0.717, 1.165) is 27.8 Å². The lowest BCUT2D eigenvalue weighted by Gasteiger charge is -2.36. The zero-order chi connectivity index (χ0) is 32.8. The number of thioether (sulfide) groups is 1. The van der Waals surface area contributed by atoms with E-state index in [1.165, 1.54) is 0 Å². The van der Waals surface area contributed by atoms with E-state index < -0.39 is 46.8 Å². The van der Waals surface area contributed by atoms with Crippen molar-refractivity contribution in [3.63, 3.8) is 0 Å². The number of halogens is 5. The maximum absolute atomic E-state index is 14.0. The highest BCUT2D eigenvalue weighted by molar-refractivity contribution is 7.99. The summed E-state index contributed by atoms with van der Waals surface area (Å²) in [6, 6.07) is 21.9. The number of amides is 1. The van der Waals surface area contributed by atoms with Gasteiger partial charge in [0.15, 0.2) is 29.6 Å². The third-order valence-electron chi connectivity index (χ3n) is 7.49. The number of benzene rings is 4. The number of hydrogen-bond acceptors (Lipinski definition) is 6. The van der Waals surface area contributed by atoms with Gasteiger partial charge < -0.3 is 25.0 Å². The second-order valence-corrected chi connectivity index (χ2v) is 11.7. The Balaban J connectivity index is 1.29. The Kier molecular flexibility index (Phi) is 11.1. The van der Waals surface area contributed by atoms with Gasteiger partial charge in [0.2, 0.25) is 5.82 Å². The Morgan fingerprint density at radius 1 is 0.783 bits per heavy atom. The van der Waals surface area contributed by atoms with Crippen LogP contribution < -0.4 is 5.32 Å². The Morgan fingerprint density at radius 3 is 2.09 bits per heavy atom. The summed E-state index contributed by atoms with van der Waals surface area (Å²) >= 11 is 1.59. The summed E-state index contributed by atoms with van der Waals surface area (Å²) in [5, 5.41) is 20.8. The highest BCUT2D eigenvalue weighted by Crippen LogP contribution is 2.39. The molecule has 46 heavy (non-hydrogen) atoms. The summed E-state index contributed by atoms with van der Waals surface area (Å²) in [5.74, 6) is -11.3. The van der Waals surface area contributed by atoms with Gasteiger partial charge in [-0.15, -0.1) is 0 Å². The van der Waals surface area contributed by atoms with Crippen LogP contribution in [-0.4, -0.2) is 40.3 Å². The largest absolute Gasteiger partial charge is 0.396 e. The third-order valence-corrected chi connectivity index (χ3v) is 8.57. The molecule has 0 bridgehead atoms. The van der Waals surface area contributed by atoms with Crippen LogP contribution in [0.1, 0.15) is 51.4 Å². The first kappa shape index (κ1) is 33.6. The first-order valence-corrected chi connectivity index (χ1v) is 15.5. The highest BCUT2D eigenvalue weighted by atomic mass is 32.2. The Hall–Kier alpha value is -3.81. The molecule has 0 aliphatic carbocycles. The van der Waals surface area contributed by atoms with Crippen LogP contribution >= 0.6 is 11.8 Å². The second-order valence-electron chi connectivity index (χ2n) is 10.6. The Bertz CT molecular complexity index is 1640. The van der Waals surface area contributed by atoms with E-state index in [-0.39, 0.29) is 32.0 Å². The van der Waals surface area contributed by atoms with Gasteiger partial charge in [0, 0.05) is 30.0 Å². The average Bonchev–Trinajstić information content (AvgIpc) is 3.09. The Morgan fingerprint density at radius 2 is 1.43 bits per heavy atom. The normalized spacial score (nSPS) is 18.0. The zero-order valence-electron chi connectivity index (χ0n) is 24.3. The van der Waals surface area contributed by atoms with Crippen molar-refractivity contribution in [3.8, 4) is 11.1 Å². The molecule has 1 heterocycles. The molecule has 3 atom stereocenters. The lowest BCUT2D eigenvalue weighted by Crippen LogP contribution is -2.31. The summed E-state index contributed by atoms with van der Waals surface area (Å²) in [6.07, 6.45) is -0.413. The molecule has 1 fully saturated rings. The number of aliphatic hydroxyl groups is 2. The summed E-state index contributed by atoms with van der Waals surface area (Å²) < 4.78 is 81.2. The van der Waals surface area contributed by atoms with Gasteiger partial charge in [-0.1, -0.05) is 66.7 Å². The van der Waals surface area contributed by atoms with Gasteiger partial charge in [-0.05, 0) is 33.9 Å². The van der Waals surface area contributed by atoms with E-state index in [1.807, 2.05) is 54.6 Å². The fourth-order valence-corrected chi connectivity index (χ4v) is 5.84. The minimum atomic E-state index is -2.34. The molecule has 242 valence electrons. The van der Waals surface area contributed by atoms with Gasteiger partial charge in [-0.2, -0.15) is 11.8 Å². The minimum absolute atomic E-state index is 0.0553. The van der Waals surface area contributed by atoms with Crippen LogP contribution in [0.25, 0.3) is 11.1 Å². The molecule has 5 rings (SSSR count). The Labute approximate surface area is 266 Å². The molecule has 3 N–H and O–H groups in total. The number of carbonyl (C=O) groups is 1. The van der Waals surface area contributed by atoms with Gasteiger partial charge in [0.25, 0.3) is 5.91 Å². The summed E-state index contributed by atoms with van der Waals surface area (Å²) in [5.41, 5.74) is 3.07. The van der Waals surface area contributed by atoms with Crippen LogP contribution in [0, 0.1) is 29.1 Å². The van der Waals surface area contributed by atoms with Crippen molar-refractivity contribution >= 4 is 17.7 Å². The summed E-state index contributed by atoms with van der Waals surface area (Å²) in [7, 11) is 0. The molecule has 1 aliphatic heterocycles. The first-order valence-electron chi connectivity index (χ1n) is 14.4. The average molecular weight is 660 g/mol. The van der Waals surface area contributed by atoms with Crippen molar-refractivity contribution < 1.29 is 46.4 Å². The molecule has 12 heteroatoms. The third kappa shape index (κ3) is 7.59. The van der Waals surface area contributed by atoms with Crippen LogP contribution in [0.2, 0.25) is 0 Å². The van der Waals surface area contributed by atoms with Crippen LogP contribution in [0.4, 0.5) is 22.0 Å². The zero-order valence-corrected chi connectivity index (χ0v) is 25.1. The SMILES string of the molecule is O=C(NCc1cccc(-c2ccc([C@H]3O[C@@H](CSCCO)C[C@@H](c4ccc(CO)cc4)O3)cc2)c1)c1c(F)c(F)c(F)c(F)c1F. The predicted octanol–water partition coefficient (Wildman–Crippen LogP) is 6.74. The summed E-state index contributed by atoms with van der Waals surface area (Å²) in [6.45, 7) is -0.214. The molecule has 6 nitrogen and oxygen atoms in total. The molecule has 4 aromatic carbocycles. The van der Waals surface area contributed by atoms with Gasteiger partial charge >= 0.3 is 0 Å². The topological polar surface area (TPSA) is 88.0 Å². The van der Waals surface area contributed by atoms with Crippen molar-refractivity contribution in [1.82, 2.24) is 5.32 Å². The van der Waals surface area contributed by atoms with Gasteiger partial charge in [-0.3, -0.25) is 4.79 Å². The van der Waals surface area contributed by atoms with E-state index >= 15 is 0 Å². The lowest BCUT2D eigenvalue weighted by atomic mass is 9.99. The number of carbonyl (C=O) groups excluding carboxylic acids is 1. The standard InChI is InChI=1S/C34H30F5NO5S/c35-28-27(29(36)31(38)32(39)30(28)37)33(43)40-16-20-2-1-3-24(14-20)21-8-10-23(11-9-21)34-44-25(18-46-13-12-41)15-26(45-34)22-6-4-19(17-42)5-7-22/h1-11,14,25-26,34,41-42H,12-13,15-18H2,(H,40,43)/t25-,26+,34+/m1/s1. The van der Waals surface area contributed by atoms with E-state index in [0.29, 0.717) is 23.5 Å². The van der Waals surface area contributed by atoms with Crippen molar-refractivity contribution in [2.45, 2.75) is 38.1 Å². The molecule has 0 unspecified atom stereocenters. The molecule has 1 aliphatic rings. The number of hydrogen-bond donors (Lipinski definition) is 3. The quantitative estimate of drug-likeness (QED) is 0.0716. The number of rotatable bonds is 11. The van der Waals surface area contributed by atoms with Crippen LogP contribution in [0.5, 0.6) is 0 Å². The predicted molar refractivity (Wildman–Crippen MR) is 162 cm³/mol. The van der Waals surface area contributed by atoms with E-state index in [1.54, 1.807) is 30.0 Å². The molecular formula is C34H30F5NO5S. The van der Waals surface area contributed by atoms with Crippen LogP contribution in [0.3, 0.4) is 0 Å². The molecule has 1 amide bonds. The van der Waals surface area contributed by atoms with E-state index in [9.17, 15) is 37.0 Å². The lowest BCUT2D eigenvalue weighted by molar-refractivity contribution is -0.245. The van der Waals surface area contributed by atoms with Crippen molar-refractivity contribution in [1.29, 1.82) is 0 Å². The maximum atomic E-state index is 14.0. The fourth-order valence-electron chi connectivity index (χ4n) is 5.07. The molecule has 0 aromatic heterocycles. The highest BCUT2D eigenvalue weighted by Gasteiger charge is 2.32. The number of ether oxygens (including phenoxy) is 2. The summed E-state index contributed by atoms with van der Waals surface area (Å²) in [4.78, 5) is 12.4. The molecule has 4 aromatic rings. The number of nitrogens with one attached hydrogen (secondary N) is 1. The van der Waals surface area contributed by atoms with Crippen molar-refractivity contribution in [3.05, 3.63) is 130 Å². The second kappa shape index (κ2) is 15.2. The van der Waals surface area contributed by atoms with Crippen molar-refractivity contribution in [2.75, 3.05) is 18.1 Å². The van der Waals surface area contributed by atoms with Crippen LogP contribution in [0.15, 0.2) is 72.8 Å². The molecule has 0 saturated carbocycles. The van der Waals surface area contributed by atoms with E-state index in [4.69, 9.17) is 9.47 Å². The van der Waals surface area contributed by atoms with Gasteiger partial charge in [0.1, 0.15) is 5.56 Å². The molecule has 0 radical (unpaired) electrons. The number of aliphatic hydroxyl groups excluding tert-OH is 2. The van der Waals surface area contributed by atoms with Gasteiger partial charge in [0.05, 0.1) is 25.4 Å². The smallest absolute Gasteiger partial charge is 0.257 e. The van der Waals surface area contributed by atoms with Crippen LogP contribution in [-0.2, 0) is 22.6 Å². The first-order chi connectivity index (χ1) is 22.2. The monoisotopic (exact) mass is 659 g/mol. The maximum Gasteiger partial charge on any atom is 0.257 e. The fraction of sp³-hybridized carbons (Fsp3) is 0.265. The minimum Gasteiger partial charge on any atom is -0.396 e. The molecule has 0 spiro atoms.